The van der Waals surface area contributed by atoms with Gasteiger partial charge in [0.05, 0.1) is 17.0 Å². The minimum absolute atomic E-state index is 0.326. The Hall–Kier alpha value is -1.10. The highest BCUT2D eigenvalue weighted by molar-refractivity contribution is 9.10. The van der Waals surface area contributed by atoms with Gasteiger partial charge in [0.1, 0.15) is 11.6 Å². The Kier molecular flexibility index (Phi) is 3.12. The van der Waals surface area contributed by atoms with Crippen LogP contribution in [0.25, 0.3) is 0 Å². The molecule has 1 aliphatic rings. The zero-order valence-corrected chi connectivity index (χ0v) is 10.9. The largest absolute Gasteiger partial charge is 0.495 e. The molecule has 0 atom stereocenters. The van der Waals surface area contributed by atoms with E-state index in [2.05, 4.69) is 15.9 Å². The van der Waals surface area contributed by atoms with E-state index in [4.69, 9.17) is 4.74 Å². The summed E-state index contributed by atoms with van der Waals surface area (Å²) in [7, 11) is 1.43. The summed E-state index contributed by atoms with van der Waals surface area (Å²) in [6.07, 6.45) is 1.92. The molecule has 2 rings (SSSR count). The van der Waals surface area contributed by atoms with E-state index in [9.17, 15) is 14.3 Å². The van der Waals surface area contributed by atoms with Crippen LogP contribution in [0.2, 0.25) is 0 Å². The molecule has 1 aromatic rings. The van der Waals surface area contributed by atoms with E-state index in [1.54, 1.807) is 0 Å². The molecule has 1 fully saturated rings. The van der Waals surface area contributed by atoms with Gasteiger partial charge < -0.3 is 9.84 Å². The number of carbonyl (C=O) groups is 1. The molecule has 0 saturated heterocycles. The lowest BCUT2D eigenvalue weighted by Gasteiger charge is -2.38. The average Bonchev–Trinajstić information content (AvgIpc) is 2.20. The van der Waals surface area contributed by atoms with Crippen molar-refractivity contribution >= 4 is 21.9 Å². The Bertz CT molecular complexity index is 469. The number of rotatable bonds is 3. The van der Waals surface area contributed by atoms with Gasteiger partial charge in [-0.15, -0.1) is 0 Å². The maximum absolute atomic E-state index is 13.5. The molecule has 1 aliphatic carbocycles. The number of carboxylic acids is 1. The maximum atomic E-state index is 13.5. The second kappa shape index (κ2) is 4.29. The molecule has 0 aliphatic heterocycles. The van der Waals surface area contributed by atoms with E-state index in [1.807, 2.05) is 0 Å². The number of ether oxygens (including phenoxy) is 1. The Balaban J connectivity index is 2.58. The first-order valence-electron chi connectivity index (χ1n) is 5.28. The molecule has 0 spiro atoms. The quantitative estimate of drug-likeness (QED) is 0.933. The van der Waals surface area contributed by atoms with Crippen molar-refractivity contribution in [3.8, 4) is 5.75 Å². The summed E-state index contributed by atoms with van der Waals surface area (Å²) in [5.41, 5.74) is -0.498. The third-order valence-electron chi connectivity index (χ3n) is 3.36. The van der Waals surface area contributed by atoms with E-state index in [0.717, 1.165) is 6.42 Å². The van der Waals surface area contributed by atoms with Crippen LogP contribution in [-0.2, 0) is 10.2 Å². The van der Waals surface area contributed by atoms with Crippen LogP contribution in [0.5, 0.6) is 5.75 Å². The molecule has 92 valence electrons. The van der Waals surface area contributed by atoms with Crippen LogP contribution < -0.4 is 4.74 Å². The number of halogens is 2. The molecule has 0 heterocycles. The summed E-state index contributed by atoms with van der Waals surface area (Å²) in [6.45, 7) is 0. The topological polar surface area (TPSA) is 46.5 Å². The number of hydrogen-bond acceptors (Lipinski definition) is 2. The number of carboxylic acid groups (broad SMARTS) is 1. The Morgan fingerprint density at radius 3 is 2.59 bits per heavy atom. The minimum Gasteiger partial charge on any atom is -0.495 e. The van der Waals surface area contributed by atoms with Gasteiger partial charge in [0, 0.05) is 6.07 Å². The molecular formula is C12H12BrFO3. The van der Waals surface area contributed by atoms with Gasteiger partial charge in [0.25, 0.3) is 0 Å². The number of aliphatic carboxylic acids is 1. The monoisotopic (exact) mass is 302 g/mol. The van der Waals surface area contributed by atoms with Gasteiger partial charge in [-0.1, -0.05) is 6.42 Å². The number of hydrogen-bond donors (Lipinski definition) is 1. The predicted molar refractivity (Wildman–Crippen MR) is 63.8 cm³/mol. The van der Waals surface area contributed by atoms with Crippen LogP contribution in [0, 0.1) is 5.82 Å². The number of benzene rings is 1. The molecule has 0 amide bonds. The first kappa shape index (κ1) is 12.4. The summed E-state index contributed by atoms with van der Waals surface area (Å²) in [5, 5.41) is 9.33. The zero-order valence-electron chi connectivity index (χ0n) is 9.30. The highest BCUT2D eigenvalue weighted by atomic mass is 79.9. The first-order chi connectivity index (χ1) is 8.01. The summed E-state index contributed by atoms with van der Waals surface area (Å²) in [6, 6.07) is 2.52. The molecule has 1 saturated carbocycles. The second-order valence-electron chi connectivity index (χ2n) is 4.21. The molecule has 0 unspecified atom stereocenters. The highest BCUT2D eigenvalue weighted by Crippen LogP contribution is 2.48. The van der Waals surface area contributed by atoms with Crippen LogP contribution >= 0.6 is 15.9 Å². The van der Waals surface area contributed by atoms with E-state index < -0.39 is 17.2 Å². The lowest BCUT2D eigenvalue weighted by molar-refractivity contribution is -0.147. The standard InChI is InChI=1S/C12H12BrFO3/c1-17-9-6-7(14)5-8(10(9)13)12(11(15)16)3-2-4-12/h5-6H,2-4H2,1H3,(H,15,16). The van der Waals surface area contributed by atoms with Gasteiger partial charge >= 0.3 is 5.97 Å². The SMILES string of the molecule is COc1cc(F)cc(C2(C(=O)O)CCC2)c1Br. The number of methoxy groups -OCH3 is 1. The van der Waals surface area contributed by atoms with Crippen LogP contribution in [0.15, 0.2) is 16.6 Å². The van der Waals surface area contributed by atoms with Crippen molar-refractivity contribution in [2.45, 2.75) is 24.7 Å². The molecule has 17 heavy (non-hydrogen) atoms. The van der Waals surface area contributed by atoms with Crippen LogP contribution in [0.4, 0.5) is 4.39 Å². The molecule has 3 nitrogen and oxygen atoms in total. The maximum Gasteiger partial charge on any atom is 0.314 e. The summed E-state index contributed by atoms with van der Waals surface area (Å²) >= 11 is 3.30. The van der Waals surface area contributed by atoms with Crippen LogP contribution in [0.1, 0.15) is 24.8 Å². The van der Waals surface area contributed by atoms with Gasteiger partial charge in [-0.25, -0.2) is 4.39 Å². The Morgan fingerprint density at radius 1 is 1.53 bits per heavy atom. The van der Waals surface area contributed by atoms with E-state index in [0.29, 0.717) is 28.6 Å². The van der Waals surface area contributed by atoms with Crippen molar-refractivity contribution in [1.82, 2.24) is 0 Å². The Morgan fingerprint density at radius 2 is 2.18 bits per heavy atom. The van der Waals surface area contributed by atoms with Crippen molar-refractivity contribution in [1.29, 1.82) is 0 Å². The van der Waals surface area contributed by atoms with Gasteiger partial charge in [0.2, 0.25) is 0 Å². The van der Waals surface area contributed by atoms with Gasteiger partial charge in [-0.3, -0.25) is 4.79 Å². The fraction of sp³-hybridized carbons (Fsp3) is 0.417. The third-order valence-corrected chi connectivity index (χ3v) is 4.17. The van der Waals surface area contributed by atoms with Crippen molar-refractivity contribution in [2.24, 2.45) is 0 Å². The minimum atomic E-state index is -0.964. The van der Waals surface area contributed by atoms with Gasteiger partial charge in [0.15, 0.2) is 0 Å². The third kappa shape index (κ3) is 1.82. The molecule has 1 aromatic carbocycles. The van der Waals surface area contributed by atoms with Crippen molar-refractivity contribution in [3.05, 3.63) is 28.0 Å². The zero-order chi connectivity index (χ0) is 12.6. The lowest BCUT2D eigenvalue weighted by Crippen LogP contribution is -2.42. The van der Waals surface area contributed by atoms with Crippen molar-refractivity contribution in [3.63, 3.8) is 0 Å². The molecule has 1 N–H and O–H groups in total. The summed E-state index contributed by atoms with van der Waals surface area (Å²) < 4.78 is 19.0. The molecule has 0 bridgehead atoms. The first-order valence-corrected chi connectivity index (χ1v) is 6.07. The fourth-order valence-electron chi connectivity index (χ4n) is 2.19. The fourth-order valence-corrected chi connectivity index (χ4v) is 2.96. The van der Waals surface area contributed by atoms with Crippen LogP contribution in [0.3, 0.4) is 0 Å². The van der Waals surface area contributed by atoms with Crippen LogP contribution in [-0.4, -0.2) is 18.2 Å². The van der Waals surface area contributed by atoms with Crippen molar-refractivity contribution < 1.29 is 19.0 Å². The van der Waals surface area contributed by atoms with Gasteiger partial charge in [-0.2, -0.15) is 0 Å². The molecule has 0 radical (unpaired) electrons. The summed E-state index contributed by atoms with van der Waals surface area (Å²) in [5.74, 6) is -1.06. The van der Waals surface area contributed by atoms with E-state index in [-0.39, 0.29) is 0 Å². The van der Waals surface area contributed by atoms with E-state index in [1.165, 1.54) is 19.2 Å². The smallest absolute Gasteiger partial charge is 0.314 e. The molecule has 5 heteroatoms. The Labute approximate surface area is 107 Å². The lowest BCUT2D eigenvalue weighted by atomic mass is 9.64. The predicted octanol–water partition coefficient (Wildman–Crippen LogP) is 3.10. The average molecular weight is 303 g/mol. The van der Waals surface area contributed by atoms with E-state index >= 15 is 0 Å². The summed E-state index contributed by atoms with van der Waals surface area (Å²) in [4.78, 5) is 11.4. The highest BCUT2D eigenvalue weighted by Gasteiger charge is 2.47. The molecule has 0 aromatic heterocycles. The molecular weight excluding hydrogens is 291 g/mol. The van der Waals surface area contributed by atoms with Gasteiger partial charge in [-0.05, 0) is 40.4 Å². The van der Waals surface area contributed by atoms with Crippen molar-refractivity contribution in [2.75, 3.05) is 7.11 Å². The normalized spacial score (nSPS) is 17.4. The second-order valence-corrected chi connectivity index (χ2v) is 5.00.